The summed E-state index contributed by atoms with van der Waals surface area (Å²) in [4.78, 5) is 40.8. The summed E-state index contributed by atoms with van der Waals surface area (Å²) in [7, 11) is 3.20. The van der Waals surface area contributed by atoms with Crippen molar-refractivity contribution in [1.82, 2.24) is 24.0 Å². The molecule has 2 aromatic rings. The number of nitrogens with zero attached hydrogens (tertiary/aromatic N) is 4. The van der Waals surface area contributed by atoms with Crippen LogP contribution in [0, 0.1) is 0 Å². The van der Waals surface area contributed by atoms with E-state index in [4.69, 9.17) is 4.74 Å². The summed E-state index contributed by atoms with van der Waals surface area (Å²) in [5.74, 6) is -0.388. The first kappa shape index (κ1) is 15.5. The van der Waals surface area contributed by atoms with Gasteiger partial charge in [0.15, 0.2) is 11.2 Å². The van der Waals surface area contributed by atoms with E-state index in [0.717, 1.165) is 17.4 Å². The van der Waals surface area contributed by atoms with Crippen molar-refractivity contribution in [3.05, 3.63) is 27.2 Å². The molecule has 1 aliphatic rings. The molecule has 1 amide bonds. The van der Waals surface area contributed by atoms with Gasteiger partial charge >= 0.3 is 5.69 Å². The van der Waals surface area contributed by atoms with Crippen LogP contribution < -0.4 is 16.6 Å². The normalized spacial score (nSPS) is 17.7. The van der Waals surface area contributed by atoms with Crippen LogP contribution in [0.5, 0.6) is 0 Å². The van der Waals surface area contributed by atoms with E-state index >= 15 is 0 Å². The van der Waals surface area contributed by atoms with Crippen LogP contribution in [0.3, 0.4) is 0 Å². The molecule has 0 radical (unpaired) electrons. The van der Waals surface area contributed by atoms with Crippen molar-refractivity contribution in [3.8, 4) is 0 Å². The van der Waals surface area contributed by atoms with Gasteiger partial charge in [0.05, 0.1) is 12.4 Å². The average molecular weight is 321 g/mol. The summed E-state index contributed by atoms with van der Waals surface area (Å²) in [5.41, 5.74) is -0.485. The van der Waals surface area contributed by atoms with Crippen LogP contribution in [0.1, 0.15) is 12.8 Å². The fraction of sp³-hybridized carbons (Fsp3) is 0.571. The largest absolute Gasteiger partial charge is 0.376 e. The van der Waals surface area contributed by atoms with E-state index in [1.807, 2.05) is 0 Å². The highest BCUT2D eigenvalue weighted by Crippen LogP contribution is 2.10. The highest BCUT2D eigenvalue weighted by molar-refractivity contribution is 5.76. The highest BCUT2D eigenvalue weighted by atomic mass is 16.5. The summed E-state index contributed by atoms with van der Waals surface area (Å²) in [5, 5.41) is 2.71. The second-order valence-electron chi connectivity index (χ2n) is 5.70. The topological polar surface area (TPSA) is 100 Å². The first-order valence-electron chi connectivity index (χ1n) is 7.48. The monoisotopic (exact) mass is 321 g/mol. The molecule has 0 aliphatic carbocycles. The van der Waals surface area contributed by atoms with E-state index in [1.165, 1.54) is 22.5 Å². The third-order valence-electron chi connectivity index (χ3n) is 4.05. The van der Waals surface area contributed by atoms with Crippen molar-refractivity contribution in [3.63, 3.8) is 0 Å². The summed E-state index contributed by atoms with van der Waals surface area (Å²) in [6, 6.07) is 0. The molecule has 1 fully saturated rings. The molecule has 124 valence electrons. The van der Waals surface area contributed by atoms with Crippen LogP contribution in [-0.2, 0) is 30.2 Å². The molecule has 23 heavy (non-hydrogen) atoms. The Morgan fingerprint density at radius 2 is 2.22 bits per heavy atom. The third kappa shape index (κ3) is 2.79. The number of aryl methyl sites for hydroxylation is 2. The molecule has 1 atom stereocenters. The van der Waals surface area contributed by atoms with Gasteiger partial charge in [-0.25, -0.2) is 14.3 Å². The summed E-state index contributed by atoms with van der Waals surface area (Å²) >= 11 is 0. The van der Waals surface area contributed by atoms with E-state index in [2.05, 4.69) is 10.3 Å². The predicted molar refractivity (Wildman–Crippen MR) is 82.2 cm³/mol. The third-order valence-corrected chi connectivity index (χ3v) is 4.05. The maximum absolute atomic E-state index is 12.5. The molecule has 9 nitrogen and oxygen atoms in total. The fourth-order valence-corrected chi connectivity index (χ4v) is 2.77. The Morgan fingerprint density at radius 3 is 2.91 bits per heavy atom. The maximum Gasteiger partial charge on any atom is 0.332 e. The first-order valence-corrected chi connectivity index (χ1v) is 7.48. The zero-order valence-corrected chi connectivity index (χ0v) is 13.1. The van der Waals surface area contributed by atoms with E-state index in [9.17, 15) is 14.4 Å². The standard InChI is InChI=1S/C14H19N5O4/c1-17-8-16-12-11(17)13(21)19(14(22)18(12)2)7-10(20)15-6-9-4-3-5-23-9/h8-9H,3-7H2,1-2H3,(H,15,20). The van der Waals surface area contributed by atoms with Gasteiger partial charge < -0.3 is 14.6 Å². The number of imidazole rings is 1. The van der Waals surface area contributed by atoms with E-state index < -0.39 is 11.2 Å². The van der Waals surface area contributed by atoms with Crippen LogP contribution in [0.25, 0.3) is 11.2 Å². The molecule has 2 aromatic heterocycles. The predicted octanol–water partition coefficient (Wildman–Crippen LogP) is -1.27. The molecule has 0 saturated carbocycles. The van der Waals surface area contributed by atoms with E-state index in [0.29, 0.717) is 24.3 Å². The molecular weight excluding hydrogens is 302 g/mol. The second-order valence-corrected chi connectivity index (χ2v) is 5.70. The fourth-order valence-electron chi connectivity index (χ4n) is 2.77. The van der Waals surface area contributed by atoms with Gasteiger partial charge in [-0.1, -0.05) is 0 Å². The van der Waals surface area contributed by atoms with Gasteiger partial charge in [-0.05, 0) is 12.8 Å². The summed E-state index contributed by atoms with van der Waals surface area (Å²) < 4.78 is 9.16. The van der Waals surface area contributed by atoms with Crippen molar-refractivity contribution in [2.75, 3.05) is 13.2 Å². The summed E-state index contributed by atoms with van der Waals surface area (Å²) in [6.45, 7) is 0.777. The zero-order chi connectivity index (χ0) is 16.6. The van der Waals surface area contributed by atoms with Crippen molar-refractivity contribution < 1.29 is 9.53 Å². The Kier molecular flexibility index (Phi) is 4.03. The molecule has 1 saturated heterocycles. The molecule has 1 aliphatic heterocycles. The molecule has 0 spiro atoms. The smallest absolute Gasteiger partial charge is 0.332 e. The Bertz CT molecular complexity index is 856. The summed E-state index contributed by atoms with van der Waals surface area (Å²) in [6.07, 6.45) is 3.37. The number of rotatable bonds is 4. The lowest BCUT2D eigenvalue weighted by Crippen LogP contribution is -2.44. The van der Waals surface area contributed by atoms with Gasteiger partial charge in [0.2, 0.25) is 5.91 Å². The van der Waals surface area contributed by atoms with Crippen LogP contribution in [0.2, 0.25) is 0 Å². The molecular formula is C14H19N5O4. The SMILES string of the molecule is Cn1cnc2c1c(=O)n(CC(=O)NCC1CCCO1)c(=O)n2C. The van der Waals surface area contributed by atoms with E-state index in [1.54, 1.807) is 7.05 Å². The van der Waals surface area contributed by atoms with Gasteiger partial charge in [0, 0.05) is 27.2 Å². The lowest BCUT2D eigenvalue weighted by atomic mass is 10.2. The number of nitrogens with one attached hydrogen (secondary N) is 1. The molecule has 0 aromatic carbocycles. The average Bonchev–Trinajstić information content (AvgIpc) is 3.17. The van der Waals surface area contributed by atoms with Crippen molar-refractivity contribution in [2.45, 2.75) is 25.5 Å². The van der Waals surface area contributed by atoms with Crippen LogP contribution in [-0.4, -0.2) is 43.8 Å². The minimum atomic E-state index is -0.562. The molecule has 3 rings (SSSR count). The Balaban J connectivity index is 1.84. The maximum atomic E-state index is 12.5. The van der Waals surface area contributed by atoms with Crippen LogP contribution in [0.15, 0.2) is 15.9 Å². The van der Waals surface area contributed by atoms with Crippen LogP contribution in [0.4, 0.5) is 0 Å². The molecule has 1 N–H and O–H groups in total. The minimum absolute atomic E-state index is 0.0121. The van der Waals surface area contributed by atoms with Crippen molar-refractivity contribution in [1.29, 1.82) is 0 Å². The Hall–Kier alpha value is -2.42. The number of ether oxygens (including phenoxy) is 1. The molecule has 0 bridgehead atoms. The molecule has 1 unspecified atom stereocenters. The van der Waals surface area contributed by atoms with Gasteiger partial charge in [-0.3, -0.25) is 14.2 Å². The van der Waals surface area contributed by atoms with Crippen LogP contribution >= 0.6 is 0 Å². The Morgan fingerprint density at radius 1 is 1.43 bits per heavy atom. The van der Waals surface area contributed by atoms with Gasteiger partial charge in [0.1, 0.15) is 6.54 Å². The van der Waals surface area contributed by atoms with Gasteiger partial charge in [-0.2, -0.15) is 0 Å². The van der Waals surface area contributed by atoms with Gasteiger partial charge in [-0.15, -0.1) is 0 Å². The quantitative estimate of drug-likeness (QED) is 0.757. The number of carbonyl (C=O) groups excluding carboxylic acids is 1. The lowest BCUT2D eigenvalue weighted by molar-refractivity contribution is -0.122. The van der Waals surface area contributed by atoms with Crippen molar-refractivity contribution in [2.24, 2.45) is 14.1 Å². The van der Waals surface area contributed by atoms with Gasteiger partial charge in [0.25, 0.3) is 5.56 Å². The molecule has 3 heterocycles. The lowest BCUT2D eigenvalue weighted by Gasteiger charge is -2.12. The Labute approximate surface area is 131 Å². The van der Waals surface area contributed by atoms with E-state index in [-0.39, 0.29) is 18.6 Å². The molecule has 9 heteroatoms. The minimum Gasteiger partial charge on any atom is -0.376 e. The second kappa shape index (κ2) is 5.99. The number of carbonyl (C=O) groups is 1. The number of hydrogen-bond donors (Lipinski definition) is 1. The first-order chi connectivity index (χ1) is 11.0. The number of aromatic nitrogens is 4. The number of hydrogen-bond acceptors (Lipinski definition) is 5. The zero-order valence-electron chi connectivity index (χ0n) is 13.1. The van der Waals surface area contributed by atoms with Crippen molar-refractivity contribution >= 4 is 17.1 Å². The number of fused-ring (bicyclic) bond motifs is 1. The highest BCUT2D eigenvalue weighted by Gasteiger charge is 2.19. The number of amides is 1.